The first-order valence-corrected chi connectivity index (χ1v) is 6.40. The Morgan fingerprint density at radius 1 is 1.52 bits per heavy atom. The quantitative estimate of drug-likeness (QED) is 0.674. The van der Waals surface area contributed by atoms with Crippen molar-refractivity contribution >= 4 is 24.0 Å². The highest BCUT2D eigenvalue weighted by Crippen LogP contribution is 2.28. The van der Waals surface area contributed by atoms with E-state index < -0.39 is 4.92 Å². The summed E-state index contributed by atoms with van der Waals surface area (Å²) in [6.07, 6.45) is 1.78. The van der Waals surface area contributed by atoms with E-state index in [1.165, 1.54) is 25.3 Å². The van der Waals surface area contributed by atoms with Crippen LogP contribution in [0.25, 0.3) is 0 Å². The van der Waals surface area contributed by atoms with Gasteiger partial charge >= 0.3 is 5.69 Å². The molecule has 116 valence electrons. The largest absolute Gasteiger partial charge is 0.490 e. The molecule has 0 bridgehead atoms. The highest BCUT2D eigenvalue weighted by atomic mass is 35.5. The van der Waals surface area contributed by atoms with Gasteiger partial charge in [-0.05, 0) is 18.9 Å². The summed E-state index contributed by atoms with van der Waals surface area (Å²) in [7, 11) is 1.34. The van der Waals surface area contributed by atoms with Gasteiger partial charge in [0.15, 0.2) is 5.75 Å². The van der Waals surface area contributed by atoms with Crippen molar-refractivity contribution in [2.45, 2.75) is 18.9 Å². The van der Waals surface area contributed by atoms with Crippen LogP contribution in [0.3, 0.4) is 0 Å². The van der Waals surface area contributed by atoms with Gasteiger partial charge in [-0.15, -0.1) is 12.4 Å². The summed E-state index contributed by atoms with van der Waals surface area (Å²) >= 11 is 0. The second kappa shape index (κ2) is 7.24. The zero-order valence-corrected chi connectivity index (χ0v) is 12.5. The van der Waals surface area contributed by atoms with Crippen LogP contribution in [0.1, 0.15) is 23.2 Å². The molecule has 1 aliphatic heterocycles. The Morgan fingerprint density at radius 2 is 2.24 bits per heavy atom. The first-order chi connectivity index (χ1) is 9.52. The Morgan fingerprint density at radius 3 is 2.81 bits per heavy atom. The van der Waals surface area contributed by atoms with Crippen molar-refractivity contribution in [3.8, 4) is 5.75 Å². The van der Waals surface area contributed by atoms with Crippen LogP contribution in [0.5, 0.6) is 5.75 Å². The van der Waals surface area contributed by atoms with E-state index in [9.17, 15) is 14.9 Å². The van der Waals surface area contributed by atoms with Gasteiger partial charge in [-0.25, -0.2) is 0 Å². The van der Waals surface area contributed by atoms with Gasteiger partial charge in [-0.2, -0.15) is 0 Å². The van der Waals surface area contributed by atoms with Crippen LogP contribution >= 0.6 is 12.4 Å². The molecule has 7 nitrogen and oxygen atoms in total. The molecule has 2 rings (SSSR count). The molecule has 0 saturated carbocycles. The number of carbonyl (C=O) groups is 1. The number of piperidine rings is 1. The maximum absolute atomic E-state index is 12.3. The number of nitrogens with zero attached hydrogens (tertiary/aromatic N) is 2. The van der Waals surface area contributed by atoms with E-state index in [1.807, 2.05) is 0 Å². The number of nitro benzene ring substituents is 1. The van der Waals surface area contributed by atoms with Gasteiger partial charge < -0.3 is 15.4 Å². The summed E-state index contributed by atoms with van der Waals surface area (Å²) in [6, 6.07) is 4.13. The van der Waals surface area contributed by atoms with Crippen LogP contribution in [0, 0.1) is 10.1 Å². The van der Waals surface area contributed by atoms with Gasteiger partial charge in [0.1, 0.15) is 0 Å². The molecule has 0 unspecified atom stereocenters. The lowest BCUT2D eigenvalue weighted by atomic mass is 10.0. The zero-order valence-electron chi connectivity index (χ0n) is 11.7. The van der Waals surface area contributed by atoms with Crippen molar-refractivity contribution in [3.63, 3.8) is 0 Å². The van der Waals surface area contributed by atoms with E-state index in [0.717, 1.165) is 12.8 Å². The van der Waals surface area contributed by atoms with Crippen LogP contribution < -0.4 is 10.5 Å². The predicted molar refractivity (Wildman–Crippen MR) is 80.0 cm³/mol. The first-order valence-electron chi connectivity index (χ1n) is 6.40. The van der Waals surface area contributed by atoms with E-state index in [4.69, 9.17) is 10.5 Å². The van der Waals surface area contributed by atoms with E-state index in [-0.39, 0.29) is 35.8 Å². The van der Waals surface area contributed by atoms with Gasteiger partial charge in [0, 0.05) is 36.8 Å². The van der Waals surface area contributed by atoms with Crippen molar-refractivity contribution in [2.75, 3.05) is 20.2 Å². The number of rotatable bonds is 3. The zero-order chi connectivity index (χ0) is 14.7. The summed E-state index contributed by atoms with van der Waals surface area (Å²) < 4.78 is 4.97. The SMILES string of the molecule is COc1cc(C(=O)N2CCC[C@@H](N)C2)ccc1[N+](=O)[O-].Cl. The molecule has 21 heavy (non-hydrogen) atoms. The van der Waals surface area contributed by atoms with Crippen molar-refractivity contribution in [1.29, 1.82) is 0 Å². The Hall–Kier alpha value is -1.86. The van der Waals surface area contributed by atoms with Gasteiger partial charge in [-0.1, -0.05) is 0 Å². The molecule has 1 atom stereocenters. The maximum atomic E-state index is 12.3. The van der Waals surface area contributed by atoms with Crippen molar-refractivity contribution < 1.29 is 14.5 Å². The third-order valence-corrected chi connectivity index (χ3v) is 3.37. The fourth-order valence-electron chi connectivity index (χ4n) is 2.34. The fraction of sp³-hybridized carbons (Fsp3) is 0.462. The molecule has 0 radical (unpaired) electrons. The fourth-order valence-corrected chi connectivity index (χ4v) is 2.34. The molecule has 1 aromatic rings. The van der Waals surface area contributed by atoms with Crippen LogP contribution in [-0.4, -0.2) is 42.0 Å². The molecule has 1 heterocycles. The minimum absolute atomic E-state index is 0. The number of likely N-dealkylation sites (tertiary alicyclic amines) is 1. The number of hydrogen-bond donors (Lipinski definition) is 1. The molecule has 1 amide bonds. The Bertz CT molecular complexity index is 538. The number of nitro groups is 1. The predicted octanol–water partition coefficient (Wildman–Crippen LogP) is 1.59. The van der Waals surface area contributed by atoms with Gasteiger partial charge in [-0.3, -0.25) is 14.9 Å². The number of benzene rings is 1. The molecular weight excluding hydrogens is 298 g/mol. The molecule has 1 aliphatic rings. The highest BCUT2D eigenvalue weighted by molar-refractivity contribution is 5.95. The minimum atomic E-state index is -0.538. The van der Waals surface area contributed by atoms with Crippen LogP contribution in [0.2, 0.25) is 0 Å². The average molecular weight is 316 g/mol. The molecule has 8 heteroatoms. The topological polar surface area (TPSA) is 98.7 Å². The van der Waals surface area contributed by atoms with Gasteiger partial charge in [0.05, 0.1) is 12.0 Å². The lowest BCUT2D eigenvalue weighted by Gasteiger charge is -2.30. The van der Waals surface area contributed by atoms with Crippen molar-refractivity contribution in [2.24, 2.45) is 5.73 Å². The number of ether oxygens (including phenoxy) is 1. The Balaban J connectivity index is 0.00000220. The van der Waals surface area contributed by atoms with Crippen molar-refractivity contribution in [1.82, 2.24) is 4.90 Å². The lowest BCUT2D eigenvalue weighted by Crippen LogP contribution is -2.45. The number of methoxy groups -OCH3 is 1. The normalized spacial score (nSPS) is 17.8. The molecule has 0 aromatic heterocycles. The number of amides is 1. The minimum Gasteiger partial charge on any atom is -0.490 e. The number of carbonyl (C=O) groups excluding carboxylic acids is 1. The second-order valence-electron chi connectivity index (χ2n) is 4.80. The summed E-state index contributed by atoms with van der Waals surface area (Å²) in [5, 5.41) is 10.8. The molecular formula is C13H18ClN3O4. The molecule has 2 N–H and O–H groups in total. The monoisotopic (exact) mass is 315 g/mol. The molecule has 1 aromatic carbocycles. The summed E-state index contributed by atoms with van der Waals surface area (Å²) in [5.74, 6) is -0.0875. The van der Waals surface area contributed by atoms with Gasteiger partial charge in [0.25, 0.3) is 5.91 Å². The average Bonchev–Trinajstić information content (AvgIpc) is 2.45. The van der Waals surface area contributed by atoms with Gasteiger partial charge in [0.2, 0.25) is 0 Å². The third-order valence-electron chi connectivity index (χ3n) is 3.37. The summed E-state index contributed by atoms with van der Waals surface area (Å²) in [4.78, 5) is 24.3. The van der Waals surface area contributed by atoms with Crippen molar-refractivity contribution in [3.05, 3.63) is 33.9 Å². The molecule has 1 fully saturated rings. The second-order valence-corrected chi connectivity index (χ2v) is 4.80. The number of halogens is 1. The lowest BCUT2D eigenvalue weighted by molar-refractivity contribution is -0.385. The molecule has 1 saturated heterocycles. The third kappa shape index (κ3) is 3.83. The number of hydrogen-bond acceptors (Lipinski definition) is 5. The van der Waals surface area contributed by atoms with Crippen LogP contribution in [-0.2, 0) is 0 Å². The van der Waals surface area contributed by atoms with Crippen LogP contribution in [0.15, 0.2) is 18.2 Å². The Kier molecular flexibility index (Phi) is 5.92. The molecule has 0 aliphatic carbocycles. The number of nitrogens with two attached hydrogens (primary N) is 1. The van der Waals surface area contributed by atoms with Crippen LogP contribution in [0.4, 0.5) is 5.69 Å². The summed E-state index contributed by atoms with van der Waals surface area (Å²) in [6.45, 7) is 1.17. The summed E-state index contributed by atoms with van der Waals surface area (Å²) in [5.41, 5.74) is 6.08. The smallest absolute Gasteiger partial charge is 0.310 e. The van der Waals surface area contributed by atoms with E-state index in [1.54, 1.807) is 4.90 Å². The van der Waals surface area contributed by atoms with E-state index in [2.05, 4.69) is 0 Å². The van der Waals surface area contributed by atoms with E-state index >= 15 is 0 Å². The maximum Gasteiger partial charge on any atom is 0.310 e. The van der Waals surface area contributed by atoms with E-state index in [0.29, 0.717) is 18.7 Å². The molecule has 0 spiro atoms. The Labute approximate surface area is 128 Å². The highest BCUT2D eigenvalue weighted by Gasteiger charge is 2.24. The standard InChI is InChI=1S/C13H17N3O4.ClH/c1-20-12-7-9(4-5-11(12)16(18)19)13(17)15-6-2-3-10(14)8-15;/h4-5,7,10H,2-3,6,8,14H2,1H3;1H/t10-;/m1./s1. The first kappa shape index (κ1) is 17.2.